The molecule has 0 heterocycles. The van der Waals surface area contributed by atoms with Crippen molar-refractivity contribution in [1.29, 1.82) is 0 Å². The van der Waals surface area contributed by atoms with E-state index in [-0.39, 0.29) is 17.4 Å². The fourth-order valence-corrected chi connectivity index (χ4v) is 3.75. The number of rotatable bonds is 3. The van der Waals surface area contributed by atoms with Gasteiger partial charge >= 0.3 is 0 Å². The van der Waals surface area contributed by atoms with Crippen molar-refractivity contribution in [2.24, 2.45) is 16.6 Å². The van der Waals surface area contributed by atoms with Crippen molar-refractivity contribution in [3.8, 4) is 5.75 Å². The van der Waals surface area contributed by atoms with Crippen molar-refractivity contribution in [3.63, 3.8) is 0 Å². The number of aliphatic hydroxyl groups is 1. The van der Waals surface area contributed by atoms with Gasteiger partial charge in [0, 0.05) is 12.0 Å². The zero-order valence-electron chi connectivity index (χ0n) is 10.9. The Bertz CT molecular complexity index is 468. The van der Waals surface area contributed by atoms with Crippen molar-refractivity contribution in [3.05, 3.63) is 29.3 Å². The van der Waals surface area contributed by atoms with E-state index in [4.69, 9.17) is 10.5 Å². The zero-order chi connectivity index (χ0) is 12.8. The van der Waals surface area contributed by atoms with E-state index in [1.165, 1.54) is 11.1 Å². The van der Waals surface area contributed by atoms with Crippen molar-refractivity contribution in [2.75, 3.05) is 20.3 Å². The van der Waals surface area contributed by atoms with Crippen LogP contribution in [0.25, 0.3) is 0 Å². The Labute approximate surface area is 108 Å². The van der Waals surface area contributed by atoms with E-state index in [1.54, 1.807) is 7.11 Å². The second kappa shape index (κ2) is 3.97. The van der Waals surface area contributed by atoms with Crippen LogP contribution in [0.15, 0.2) is 18.2 Å². The topological polar surface area (TPSA) is 55.5 Å². The second-order valence-electron chi connectivity index (χ2n) is 5.91. The van der Waals surface area contributed by atoms with E-state index in [9.17, 15) is 5.11 Å². The van der Waals surface area contributed by atoms with Gasteiger partial charge in [0.1, 0.15) is 5.75 Å². The lowest BCUT2D eigenvalue weighted by atomic mass is 9.76. The highest BCUT2D eigenvalue weighted by Crippen LogP contribution is 2.68. The van der Waals surface area contributed by atoms with E-state index < -0.39 is 0 Å². The molecule has 1 spiro atoms. The molecule has 1 fully saturated rings. The number of aliphatic hydroxyl groups excluding tert-OH is 1. The fraction of sp³-hybridized carbons (Fsp3) is 0.600. The van der Waals surface area contributed by atoms with E-state index in [0.717, 1.165) is 31.4 Å². The van der Waals surface area contributed by atoms with Crippen LogP contribution in [0.1, 0.15) is 24.0 Å². The molecular formula is C15H21NO2. The normalized spacial score (nSPS) is 33.3. The Hall–Kier alpha value is -1.06. The van der Waals surface area contributed by atoms with E-state index in [2.05, 4.69) is 12.1 Å². The Morgan fingerprint density at radius 3 is 2.83 bits per heavy atom. The van der Waals surface area contributed by atoms with Crippen LogP contribution in [0.4, 0.5) is 0 Å². The monoisotopic (exact) mass is 247 g/mol. The lowest BCUT2D eigenvalue weighted by molar-refractivity contribution is 0.166. The van der Waals surface area contributed by atoms with Gasteiger partial charge in [-0.1, -0.05) is 6.07 Å². The number of ether oxygens (including phenoxy) is 1. The van der Waals surface area contributed by atoms with Crippen molar-refractivity contribution >= 4 is 0 Å². The summed E-state index contributed by atoms with van der Waals surface area (Å²) in [6, 6.07) is 6.35. The molecule has 0 amide bonds. The SMILES string of the molecule is COc1ccc2c(c1)CC1(CC2)CC1(CN)CO. The third kappa shape index (κ3) is 1.50. The molecule has 3 rings (SSSR count). The molecule has 0 bridgehead atoms. The molecule has 0 saturated heterocycles. The highest BCUT2D eigenvalue weighted by molar-refractivity contribution is 5.40. The highest BCUT2D eigenvalue weighted by atomic mass is 16.5. The first-order valence-corrected chi connectivity index (χ1v) is 6.65. The predicted octanol–water partition coefficient (Wildman–Crippen LogP) is 1.51. The minimum absolute atomic E-state index is 0.0201. The molecule has 1 aromatic rings. The molecule has 2 aliphatic rings. The molecule has 2 unspecified atom stereocenters. The summed E-state index contributed by atoms with van der Waals surface area (Å²) in [7, 11) is 1.70. The standard InChI is InChI=1S/C15H21NO2/c1-18-13-3-2-11-4-5-14(7-12(11)6-13)8-15(14,9-16)10-17/h2-3,6,17H,4-5,7-10,16H2,1H3. The summed E-state index contributed by atoms with van der Waals surface area (Å²) in [6.07, 6.45) is 4.37. The number of methoxy groups -OCH3 is 1. The molecule has 0 aromatic heterocycles. The van der Waals surface area contributed by atoms with Gasteiger partial charge in [0.2, 0.25) is 0 Å². The molecule has 2 atom stereocenters. The van der Waals surface area contributed by atoms with Gasteiger partial charge in [-0.2, -0.15) is 0 Å². The molecule has 1 aromatic carbocycles. The summed E-state index contributed by atoms with van der Waals surface area (Å²) >= 11 is 0. The van der Waals surface area contributed by atoms with Gasteiger partial charge in [-0.15, -0.1) is 0 Å². The highest BCUT2D eigenvalue weighted by Gasteiger charge is 2.65. The Balaban J connectivity index is 1.90. The molecule has 2 aliphatic carbocycles. The summed E-state index contributed by atoms with van der Waals surface area (Å²) in [6.45, 7) is 0.825. The Morgan fingerprint density at radius 1 is 1.39 bits per heavy atom. The van der Waals surface area contributed by atoms with Gasteiger partial charge in [-0.3, -0.25) is 0 Å². The maximum absolute atomic E-state index is 9.62. The second-order valence-corrected chi connectivity index (χ2v) is 5.91. The minimum Gasteiger partial charge on any atom is -0.497 e. The molecular weight excluding hydrogens is 226 g/mol. The van der Waals surface area contributed by atoms with Crippen LogP contribution in [-0.4, -0.2) is 25.4 Å². The van der Waals surface area contributed by atoms with Gasteiger partial charge in [-0.25, -0.2) is 0 Å². The number of aryl methyl sites for hydroxylation is 1. The number of hydrogen-bond donors (Lipinski definition) is 2. The van der Waals surface area contributed by atoms with Gasteiger partial charge in [0.25, 0.3) is 0 Å². The van der Waals surface area contributed by atoms with Crippen LogP contribution in [0.3, 0.4) is 0 Å². The summed E-state index contributed by atoms with van der Waals surface area (Å²) < 4.78 is 5.30. The number of nitrogens with two attached hydrogens (primary N) is 1. The van der Waals surface area contributed by atoms with Gasteiger partial charge in [-0.05, 0) is 54.4 Å². The van der Waals surface area contributed by atoms with E-state index in [1.807, 2.05) is 6.07 Å². The summed E-state index contributed by atoms with van der Waals surface area (Å²) in [4.78, 5) is 0. The van der Waals surface area contributed by atoms with Gasteiger partial charge in [0.15, 0.2) is 0 Å². The number of hydrogen-bond acceptors (Lipinski definition) is 3. The molecule has 18 heavy (non-hydrogen) atoms. The third-order valence-corrected chi connectivity index (χ3v) is 5.19. The fourth-order valence-electron chi connectivity index (χ4n) is 3.75. The largest absolute Gasteiger partial charge is 0.497 e. The Morgan fingerprint density at radius 2 is 2.22 bits per heavy atom. The quantitative estimate of drug-likeness (QED) is 0.851. The lowest BCUT2D eigenvalue weighted by Gasteiger charge is -2.29. The summed E-state index contributed by atoms with van der Waals surface area (Å²) in [5.41, 5.74) is 8.91. The molecule has 3 N–H and O–H groups in total. The smallest absolute Gasteiger partial charge is 0.119 e. The predicted molar refractivity (Wildman–Crippen MR) is 70.6 cm³/mol. The van der Waals surface area contributed by atoms with Crippen molar-refractivity contribution < 1.29 is 9.84 Å². The van der Waals surface area contributed by atoms with E-state index >= 15 is 0 Å². The number of fused-ring (bicyclic) bond motifs is 1. The van der Waals surface area contributed by atoms with Crippen LogP contribution in [0.2, 0.25) is 0 Å². The summed E-state index contributed by atoms with van der Waals surface area (Å²) in [5.74, 6) is 0.925. The zero-order valence-corrected chi connectivity index (χ0v) is 10.9. The first kappa shape index (κ1) is 12.0. The Kier molecular flexibility index (Phi) is 2.65. The molecule has 3 heteroatoms. The van der Waals surface area contributed by atoms with Gasteiger partial charge in [0.05, 0.1) is 13.7 Å². The molecule has 0 aliphatic heterocycles. The van der Waals surface area contributed by atoms with Crippen LogP contribution in [0.5, 0.6) is 5.75 Å². The molecule has 0 radical (unpaired) electrons. The van der Waals surface area contributed by atoms with Gasteiger partial charge < -0.3 is 15.6 Å². The first-order valence-electron chi connectivity index (χ1n) is 6.65. The third-order valence-electron chi connectivity index (χ3n) is 5.19. The van der Waals surface area contributed by atoms with Crippen LogP contribution >= 0.6 is 0 Å². The maximum atomic E-state index is 9.62. The van der Waals surface area contributed by atoms with E-state index in [0.29, 0.717) is 6.54 Å². The summed E-state index contributed by atoms with van der Waals surface area (Å²) in [5, 5.41) is 9.62. The maximum Gasteiger partial charge on any atom is 0.119 e. The molecule has 98 valence electrons. The lowest BCUT2D eigenvalue weighted by Crippen LogP contribution is -2.30. The van der Waals surface area contributed by atoms with Crippen LogP contribution in [-0.2, 0) is 12.8 Å². The average Bonchev–Trinajstić information content (AvgIpc) is 3.05. The minimum atomic E-state index is -0.0201. The van der Waals surface area contributed by atoms with Crippen molar-refractivity contribution in [1.82, 2.24) is 0 Å². The average molecular weight is 247 g/mol. The first-order chi connectivity index (χ1) is 8.68. The van der Waals surface area contributed by atoms with Crippen LogP contribution in [0, 0.1) is 10.8 Å². The molecule has 3 nitrogen and oxygen atoms in total. The van der Waals surface area contributed by atoms with Crippen LogP contribution < -0.4 is 10.5 Å². The van der Waals surface area contributed by atoms with Crippen molar-refractivity contribution in [2.45, 2.75) is 25.7 Å². The molecule has 1 saturated carbocycles. The number of benzene rings is 1.